The van der Waals surface area contributed by atoms with Gasteiger partial charge in [-0.05, 0) is 0 Å². The highest BCUT2D eigenvalue weighted by Crippen LogP contribution is 2.06. The lowest BCUT2D eigenvalue weighted by Gasteiger charge is -1.92. The van der Waals surface area contributed by atoms with Gasteiger partial charge in [0.15, 0.2) is 0 Å². The largest absolute Gasteiger partial charge is 0.198 e. The van der Waals surface area contributed by atoms with Crippen LogP contribution in [-0.2, 0) is 0 Å². The van der Waals surface area contributed by atoms with Crippen molar-refractivity contribution in [3.63, 3.8) is 0 Å². The van der Waals surface area contributed by atoms with Crippen LogP contribution in [0.2, 0.25) is 0 Å². The lowest BCUT2D eigenvalue weighted by atomic mass is 10.3. The molecule has 0 radical (unpaired) electrons. The summed E-state index contributed by atoms with van der Waals surface area (Å²) in [7, 11) is 0. The van der Waals surface area contributed by atoms with Crippen molar-refractivity contribution in [3.05, 3.63) is 0 Å². The van der Waals surface area contributed by atoms with E-state index in [9.17, 15) is 0 Å². The predicted molar refractivity (Wildman–Crippen MR) is 33.2 cm³/mol. The number of nitriles is 2. The van der Waals surface area contributed by atoms with Crippen molar-refractivity contribution >= 4 is 15.9 Å². The predicted octanol–water partition coefficient (Wildman–Crippen LogP) is 1.58. The van der Waals surface area contributed by atoms with E-state index in [2.05, 4.69) is 15.9 Å². The molecule has 0 heterocycles. The molecule has 0 bridgehead atoms. The second-order valence-corrected chi connectivity index (χ2v) is 2.62. The van der Waals surface area contributed by atoms with Crippen LogP contribution in [0.15, 0.2) is 0 Å². The molecule has 0 saturated heterocycles. The van der Waals surface area contributed by atoms with Crippen LogP contribution >= 0.6 is 15.9 Å². The third kappa shape index (κ3) is 3.64. The van der Waals surface area contributed by atoms with E-state index in [1.807, 2.05) is 12.1 Å². The summed E-state index contributed by atoms with van der Waals surface area (Å²) in [6.07, 6.45) is 0.821. The third-order valence-electron chi connectivity index (χ3n) is 0.626. The van der Waals surface area contributed by atoms with Crippen molar-refractivity contribution in [1.82, 2.24) is 0 Å². The van der Waals surface area contributed by atoms with Gasteiger partial charge < -0.3 is 0 Å². The van der Waals surface area contributed by atoms with E-state index in [-0.39, 0.29) is 4.83 Å². The first kappa shape index (κ1) is 7.46. The van der Waals surface area contributed by atoms with E-state index in [0.29, 0.717) is 12.8 Å². The molecule has 0 unspecified atom stereocenters. The van der Waals surface area contributed by atoms with Crippen LogP contribution in [-0.4, -0.2) is 4.83 Å². The first-order valence-electron chi connectivity index (χ1n) is 2.19. The molecule has 0 spiro atoms. The average molecular weight is 173 g/mol. The van der Waals surface area contributed by atoms with E-state index in [0.717, 1.165) is 0 Å². The Kier molecular flexibility index (Phi) is 4.30. The Labute approximate surface area is 56.9 Å². The summed E-state index contributed by atoms with van der Waals surface area (Å²) in [5.41, 5.74) is 0. The highest BCUT2D eigenvalue weighted by Gasteiger charge is 1.99. The van der Waals surface area contributed by atoms with E-state index in [4.69, 9.17) is 10.5 Å². The number of hydrogen-bond donors (Lipinski definition) is 0. The fraction of sp³-hybridized carbons (Fsp3) is 0.600. The topological polar surface area (TPSA) is 47.6 Å². The van der Waals surface area contributed by atoms with Gasteiger partial charge >= 0.3 is 0 Å². The Morgan fingerprint density at radius 1 is 1.25 bits per heavy atom. The zero-order valence-corrected chi connectivity index (χ0v) is 5.85. The standard InChI is InChI=1S/C5H5BrN2/c6-5(1-3-7)2-4-8/h5H,1-2H2. The summed E-state index contributed by atoms with van der Waals surface area (Å²) in [5, 5.41) is 16.1. The quantitative estimate of drug-likeness (QED) is 0.595. The molecule has 0 aromatic carbocycles. The molecule has 0 aromatic heterocycles. The molecule has 0 amide bonds. The second kappa shape index (κ2) is 4.61. The number of nitrogens with zero attached hydrogens (tertiary/aromatic N) is 2. The van der Waals surface area contributed by atoms with Crippen LogP contribution in [0.25, 0.3) is 0 Å². The molecule has 0 atom stereocenters. The molecule has 0 aliphatic rings. The fourth-order valence-corrected chi connectivity index (χ4v) is 0.560. The van der Waals surface area contributed by atoms with Crippen molar-refractivity contribution in [2.45, 2.75) is 17.7 Å². The van der Waals surface area contributed by atoms with E-state index in [1.165, 1.54) is 0 Å². The van der Waals surface area contributed by atoms with Crippen molar-refractivity contribution in [2.75, 3.05) is 0 Å². The molecule has 0 aliphatic heterocycles. The molecule has 8 heavy (non-hydrogen) atoms. The minimum absolute atomic E-state index is 0.0532. The number of rotatable bonds is 2. The summed E-state index contributed by atoms with van der Waals surface area (Å²) >= 11 is 3.15. The Hall–Kier alpha value is -0.540. The maximum Gasteiger partial charge on any atom is 0.0633 e. The van der Waals surface area contributed by atoms with E-state index >= 15 is 0 Å². The number of alkyl halides is 1. The van der Waals surface area contributed by atoms with Gasteiger partial charge in [-0.2, -0.15) is 10.5 Å². The maximum absolute atomic E-state index is 8.07. The second-order valence-electron chi connectivity index (χ2n) is 1.32. The third-order valence-corrected chi connectivity index (χ3v) is 1.27. The molecule has 3 heteroatoms. The van der Waals surface area contributed by atoms with E-state index < -0.39 is 0 Å². The van der Waals surface area contributed by atoms with Gasteiger partial charge in [-0.15, -0.1) is 0 Å². The Bertz CT molecular complexity index is 114. The summed E-state index contributed by atoms with van der Waals surface area (Å²) in [5.74, 6) is 0. The molecule has 0 saturated carbocycles. The Morgan fingerprint density at radius 2 is 1.62 bits per heavy atom. The smallest absolute Gasteiger partial charge is 0.0633 e. The highest BCUT2D eigenvalue weighted by molar-refractivity contribution is 9.09. The monoisotopic (exact) mass is 172 g/mol. The zero-order chi connectivity index (χ0) is 6.41. The molecule has 0 N–H and O–H groups in total. The SMILES string of the molecule is N#CCC(Br)CC#N. The van der Waals surface area contributed by atoms with Crippen molar-refractivity contribution in [1.29, 1.82) is 10.5 Å². The van der Waals surface area contributed by atoms with Crippen molar-refractivity contribution < 1.29 is 0 Å². The van der Waals surface area contributed by atoms with Crippen LogP contribution in [0.3, 0.4) is 0 Å². The normalized spacial score (nSPS) is 8.00. The summed E-state index contributed by atoms with van der Waals surface area (Å²) in [6.45, 7) is 0. The first-order valence-corrected chi connectivity index (χ1v) is 3.10. The summed E-state index contributed by atoms with van der Waals surface area (Å²) < 4.78 is 0. The van der Waals surface area contributed by atoms with Gasteiger partial charge in [0, 0.05) is 17.7 Å². The fourth-order valence-electron chi connectivity index (χ4n) is 0.270. The Morgan fingerprint density at radius 3 is 1.88 bits per heavy atom. The van der Waals surface area contributed by atoms with Gasteiger partial charge in [0.1, 0.15) is 0 Å². The average Bonchev–Trinajstić information content (AvgIpc) is 1.68. The highest BCUT2D eigenvalue weighted by atomic mass is 79.9. The van der Waals surface area contributed by atoms with Crippen molar-refractivity contribution in [2.24, 2.45) is 0 Å². The Balaban J connectivity index is 3.25. The van der Waals surface area contributed by atoms with Crippen LogP contribution < -0.4 is 0 Å². The van der Waals surface area contributed by atoms with Crippen molar-refractivity contribution in [3.8, 4) is 12.1 Å². The van der Waals surface area contributed by atoms with Crippen LogP contribution in [0.5, 0.6) is 0 Å². The molecule has 42 valence electrons. The van der Waals surface area contributed by atoms with Gasteiger partial charge in [0.05, 0.1) is 12.1 Å². The van der Waals surface area contributed by atoms with E-state index in [1.54, 1.807) is 0 Å². The number of halogens is 1. The lowest BCUT2D eigenvalue weighted by Crippen LogP contribution is -1.91. The zero-order valence-electron chi connectivity index (χ0n) is 4.26. The molecular formula is C5H5BrN2. The summed E-state index contributed by atoms with van der Waals surface area (Å²) in [6, 6.07) is 3.91. The van der Waals surface area contributed by atoms with Gasteiger partial charge in [-0.3, -0.25) is 0 Å². The van der Waals surface area contributed by atoms with Gasteiger partial charge in [-0.25, -0.2) is 0 Å². The van der Waals surface area contributed by atoms with Gasteiger partial charge in [0.25, 0.3) is 0 Å². The van der Waals surface area contributed by atoms with Gasteiger partial charge in [-0.1, -0.05) is 15.9 Å². The van der Waals surface area contributed by atoms with Crippen LogP contribution in [0, 0.1) is 22.7 Å². The lowest BCUT2D eigenvalue weighted by molar-refractivity contribution is 0.924. The molecule has 0 fully saturated rings. The molecular weight excluding hydrogens is 168 g/mol. The minimum atomic E-state index is 0.0532. The molecule has 0 rings (SSSR count). The molecule has 2 nitrogen and oxygen atoms in total. The first-order chi connectivity index (χ1) is 3.81. The minimum Gasteiger partial charge on any atom is -0.198 e. The van der Waals surface area contributed by atoms with Crippen LogP contribution in [0.4, 0.5) is 0 Å². The summed E-state index contributed by atoms with van der Waals surface area (Å²) in [4.78, 5) is 0.0532. The molecule has 0 aliphatic carbocycles. The molecule has 0 aromatic rings. The van der Waals surface area contributed by atoms with Crippen LogP contribution in [0.1, 0.15) is 12.8 Å². The van der Waals surface area contributed by atoms with Gasteiger partial charge in [0.2, 0.25) is 0 Å². The maximum atomic E-state index is 8.07. The number of hydrogen-bond acceptors (Lipinski definition) is 2.